The number of carbonyl (C=O) groups is 1. The fraction of sp³-hybridized carbons (Fsp3) is 0.333. The lowest BCUT2D eigenvalue weighted by Crippen LogP contribution is -2.31. The van der Waals surface area contributed by atoms with Gasteiger partial charge in [-0.25, -0.2) is 9.37 Å². The van der Waals surface area contributed by atoms with E-state index >= 15 is 0 Å². The molecule has 0 saturated heterocycles. The van der Waals surface area contributed by atoms with E-state index in [1.807, 2.05) is 12.4 Å². The average Bonchev–Trinajstić information content (AvgIpc) is 2.89. The van der Waals surface area contributed by atoms with Crippen LogP contribution < -0.4 is 10.6 Å². The highest BCUT2D eigenvalue weighted by Gasteiger charge is 2.08. The fourth-order valence-electron chi connectivity index (χ4n) is 1.84. The predicted molar refractivity (Wildman–Crippen MR) is 82.0 cm³/mol. The Bertz CT molecular complexity index is 583. The van der Waals surface area contributed by atoms with Crippen LogP contribution in [0.25, 0.3) is 0 Å². The molecule has 4 nitrogen and oxygen atoms in total. The summed E-state index contributed by atoms with van der Waals surface area (Å²) in [5.74, 6) is -0.263. The largest absolute Gasteiger partial charge is 0.354 e. The molecular formula is C15H18FN3OS. The quantitative estimate of drug-likeness (QED) is 0.766. The maximum absolute atomic E-state index is 12.8. The highest BCUT2D eigenvalue weighted by atomic mass is 32.1. The van der Waals surface area contributed by atoms with E-state index in [0.29, 0.717) is 19.4 Å². The van der Waals surface area contributed by atoms with Crippen LogP contribution in [0.5, 0.6) is 0 Å². The van der Waals surface area contributed by atoms with E-state index in [0.717, 1.165) is 22.8 Å². The van der Waals surface area contributed by atoms with E-state index in [2.05, 4.69) is 15.6 Å². The first kappa shape index (κ1) is 15.6. The summed E-state index contributed by atoms with van der Waals surface area (Å²) in [5, 5.41) is 8.62. The van der Waals surface area contributed by atoms with Crippen molar-refractivity contribution in [2.75, 3.05) is 20.1 Å². The number of thiazole rings is 1. The first-order chi connectivity index (χ1) is 10.2. The Kier molecular flexibility index (Phi) is 5.83. The van der Waals surface area contributed by atoms with Crippen molar-refractivity contribution in [1.29, 1.82) is 0 Å². The molecular weight excluding hydrogens is 289 g/mol. The summed E-state index contributed by atoms with van der Waals surface area (Å²) in [5.41, 5.74) is 1.79. The number of benzene rings is 1. The zero-order chi connectivity index (χ0) is 15.1. The number of carbonyl (C=O) groups excluding carboxylic acids is 1. The van der Waals surface area contributed by atoms with Crippen molar-refractivity contribution in [2.45, 2.75) is 12.8 Å². The van der Waals surface area contributed by atoms with Crippen molar-refractivity contribution in [1.82, 2.24) is 15.6 Å². The van der Waals surface area contributed by atoms with E-state index in [-0.39, 0.29) is 11.7 Å². The van der Waals surface area contributed by atoms with Crippen LogP contribution in [0.2, 0.25) is 0 Å². The number of halogens is 1. The minimum absolute atomic E-state index is 0.0242. The Hall–Kier alpha value is -1.79. The fourth-order valence-corrected chi connectivity index (χ4v) is 2.67. The Morgan fingerprint density at radius 2 is 2.05 bits per heavy atom. The van der Waals surface area contributed by atoms with Gasteiger partial charge in [-0.1, -0.05) is 12.1 Å². The molecule has 0 aliphatic carbocycles. The van der Waals surface area contributed by atoms with Crippen LogP contribution >= 0.6 is 11.3 Å². The molecule has 1 aromatic carbocycles. The van der Waals surface area contributed by atoms with Crippen LogP contribution in [0.4, 0.5) is 4.39 Å². The van der Waals surface area contributed by atoms with Gasteiger partial charge in [0.05, 0.1) is 17.1 Å². The van der Waals surface area contributed by atoms with Crippen molar-refractivity contribution in [3.8, 4) is 0 Å². The molecule has 0 radical (unpaired) electrons. The number of amides is 1. The topological polar surface area (TPSA) is 54.0 Å². The third-order valence-corrected chi connectivity index (χ3v) is 3.80. The second-order valence-electron chi connectivity index (χ2n) is 4.67. The highest BCUT2D eigenvalue weighted by Crippen LogP contribution is 2.15. The molecule has 6 heteroatoms. The SMILES string of the molecule is CNCCNC(=O)Cc1csc(Cc2ccc(F)cc2)n1. The van der Waals surface area contributed by atoms with Gasteiger partial charge in [0, 0.05) is 24.9 Å². The molecule has 112 valence electrons. The van der Waals surface area contributed by atoms with E-state index in [9.17, 15) is 9.18 Å². The third kappa shape index (κ3) is 5.24. The third-order valence-electron chi connectivity index (χ3n) is 2.91. The standard InChI is InChI=1S/C15H18FN3OS/c1-17-6-7-18-14(20)9-13-10-21-15(19-13)8-11-2-4-12(16)5-3-11/h2-5,10,17H,6-9H2,1H3,(H,18,20). The Balaban J connectivity index is 1.86. The maximum Gasteiger partial charge on any atom is 0.226 e. The number of nitrogens with zero attached hydrogens (tertiary/aromatic N) is 1. The molecule has 0 bridgehead atoms. The number of hydrogen-bond acceptors (Lipinski definition) is 4. The van der Waals surface area contributed by atoms with Gasteiger partial charge in [0.15, 0.2) is 0 Å². The van der Waals surface area contributed by atoms with Crippen LogP contribution in [0, 0.1) is 5.82 Å². The van der Waals surface area contributed by atoms with Crippen molar-refractivity contribution in [3.05, 3.63) is 51.7 Å². The van der Waals surface area contributed by atoms with E-state index < -0.39 is 0 Å². The number of aromatic nitrogens is 1. The van der Waals surface area contributed by atoms with Gasteiger partial charge in [-0.2, -0.15) is 0 Å². The molecule has 0 fully saturated rings. The molecule has 0 saturated carbocycles. The molecule has 1 heterocycles. The summed E-state index contributed by atoms with van der Waals surface area (Å²) < 4.78 is 12.8. The maximum atomic E-state index is 12.8. The molecule has 21 heavy (non-hydrogen) atoms. The van der Waals surface area contributed by atoms with E-state index in [4.69, 9.17) is 0 Å². The van der Waals surface area contributed by atoms with Gasteiger partial charge in [-0.05, 0) is 24.7 Å². The average molecular weight is 307 g/mol. The summed E-state index contributed by atoms with van der Waals surface area (Å²) in [7, 11) is 1.84. The van der Waals surface area contributed by atoms with Crippen LogP contribution in [0.1, 0.15) is 16.3 Å². The number of hydrogen-bond donors (Lipinski definition) is 2. The van der Waals surface area contributed by atoms with Crippen molar-refractivity contribution < 1.29 is 9.18 Å². The van der Waals surface area contributed by atoms with Crippen molar-refractivity contribution >= 4 is 17.2 Å². The molecule has 0 aliphatic heterocycles. The normalized spacial score (nSPS) is 10.6. The van der Waals surface area contributed by atoms with Gasteiger partial charge in [0.25, 0.3) is 0 Å². The highest BCUT2D eigenvalue weighted by molar-refractivity contribution is 7.09. The smallest absolute Gasteiger partial charge is 0.226 e. The number of nitrogens with one attached hydrogen (secondary N) is 2. The van der Waals surface area contributed by atoms with Gasteiger partial charge < -0.3 is 10.6 Å². The van der Waals surface area contributed by atoms with Gasteiger partial charge in [0.1, 0.15) is 5.82 Å². The predicted octanol–water partition coefficient (Wildman–Crippen LogP) is 1.75. The minimum Gasteiger partial charge on any atom is -0.354 e. The lowest BCUT2D eigenvalue weighted by atomic mass is 10.1. The Labute approximate surface area is 127 Å². The van der Waals surface area contributed by atoms with E-state index in [1.54, 1.807) is 12.1 Å². The first-order valence-corrected chi connectivity index (χ1v) is 7.64. The van der Waals surface area contributed by atoms with Gasteiger partial charge >= 0.3 is 0 Å². The van der Waals surface area contributed by atoms with Crippen molar-refractivity contribution in [2.24, 2.45) is 0 Å². The summed E-state index contributed by atoms with van der Waals surface area (Å²) in [6, 6.07) is 6.39. The lowest BCUT2D eigenvalue weighted by molar-refractivity contribution is -0.120. The molecule has 0 aliphatic rings. The zero-order valence-electron chi connectivity index (χ0n) is 11.9. The van der Waals surface area contributed by atoms with Crippen LogP contribution in [0.15, 0.2) is 29.6 Å². The first-order valence-electron chi connectivity index (χ1n) is 6.76. The molecule has 0 unspecified atom stereocenters. The molecule has 1 amide bonds. The summed E-state index contributed by atoms with van der Waals surface area (Å²) >= 11 is 1.52. The summed E-state index contributed by atoms with van der Waals surface area (Å²) in [6.45, 7) is 1.36. The van der Waals surface area contributed by atoms with Gasteiger partial charge in [-0.15, -0.1) is 11.3 Å². The van der Waals surface area contributed by atoms with E-state index in [1.165, 1.54) is 23.5 Å². The Morgan fingerprint density at radius 3 is 2.76 bits per heavy atom. The Morgan fingerprint density at radius 1 is 1.29 bits per heavy atom. The molecule has 2 aromatic rings. The monoisotopic (exact) mass is 307 g/mol. The molecule has 2 rings (SSSR count). The summed E-state index contributed by atoms with van der Waals surface area (Å²) in [4.78, 5) is 16.1. The number of rotatable bonds is 7. The lowest BCUT2D eigenvalue weighted by Gasteiger charge is -2.02. The van der Waals surface area contributed by atoms with Crippen LogP contribution in [-0.4, -0.2) is 31.0 Å². The van der Waals surface area contributed by atoms with Gasteiger partial charge in [0.2, 0.25) is 5.91 Å². The van der Waals surface area contributed by atoms with Crippen LogP contribution in [-0.2, 0) is 17.6 Å². The van der Waals surface area contributed by atoms with Gasteiger partial charge in [-0.3, -0.25) is 4.79 Å². The minimum atomic E-state index is -0.239. The number of likely N-dealkylation sites (N-methyl/N-ethyl adjacent to an activating group) is 1. The molecule has 0 spiro atoms. The summed E-state index contributed by atoms with van der Waals surface area (Å²) in [6.07, 6.45) is 0.954. The zero-order valence-corrected chi connectivity index (χ0v) is 12.7. The molecule has 2 N–H and O–H groups in total. The van der Waals surface area contributed by atoms with Crippen molar-refractivity contribution in [3.63, 3.8) is 0 Å². The second kappa shape index (κ2) is 7.85. The molecule has 1 aromatic heterocycles. The van der Waals surface area contributed by atoms with Crippen LogP contribution in [0.3, 0.4) is 0 Å². The molecule has 0 atom stereocenters. The second-order valence-corrected chi connectivity index (χ2v) is 5.61.